The Morgan fingerprint density at radius 3 is 2.55 bits per heavy atom. The largest absolute Gasteiger partial charge is 0.391 e. The lowest BCUT2D eigenvalue weighted by Gasteiger charge is -2.35. The van der Waals surface area contributed by atoms with Crippen LogP contribution in [0.3, 0.4) is 0 Å². The summed E-state index contributed by atoms with van der Waals surface area (Å²) in [5.74, 6) is -3.33. The van der Waals surface area contributed by atoms with Crippen LogP contribution in [-0.4, -0.2) is 45.8 Å². The molecule has 0 spiro atoms. The molecule has 5 N–H and O–H groups in total. The van der Waals surface area contributed by atoms with E-state index in [1.807, 2.05) is 24.3 Å². The predicted octanol–water partition coefficient (Wildman–Crippen LogP) is 3.00. The highest BCUT2D eigenvalue weighted by Crippen LogP contribution is 2.36. The quantitative estimate of drug-likeness (QED) is 0.312. The van der Waals surface area contributed by atoms with Crippen molar-refractivity contribution in [3.05, 3.63) is 100 Å². The smallest absolute Gasteiger partial charge is 0.327 e. The zero-order valence-electron chi connectivity index (χ0n) is 20.6. The second-order valence-corrected chi connectivity index (χ2v) is 9.43. The number of benzene rings is 2. The summed E-state index contributed by atoms with van der Waals surface area (Å²) in [6.45, 7) is 0.502. The molecule has 0 aliphatic carbocycles. The van der Waals surface area contributed by atoms with E-state index in [0.717, 1.165) is 17.2 Å². The molecule has 0 bridgehead atoms. The molecule has 2 aromatic carbocycles. The monoisotopic (exact) mass is 519 g/mol. The molecule has 10 heteroatoms. The van der Waals surface area contributed by atoms with Gasteiger partial charge in [-0.3, -0.25) is 4.79 Å². The molecule has 4 aromatic rings. The van der Waals surface area contributed by atoms with Crippen LogP contribution in [-0.2, 0) is 19.4 Å². The highest BCUT2D eigenvalue weighted by atomic mass is 19.1. The summed E-state index contributed by atoms with van der Waals surface area (Å²) in [6.07, 6.45) is 0.683. The number of nitrogens with zero attached hydrogens (tertiary/aromatic N) is 2. The van der Waals surface area contributed by atoms with Crippen LogP contribution in [0.1, 0.15) is 38.7 Å². The van der Waals surface area contributed by atoms with E-state index >= 15 is 0 Å². The van der Waals surface area contributed by atoms with Crippen LogP contribution >= 0.6 is 0 Å². The molecule has 3 heterocycles. The first-order chi connectivity index (χ1) is 18.3. The third kappa shape index (κ3) is 4.64. The van der Waals surface area contributed by atoms with Crippen LogP contribution in [0, 0.1) is 11.6 Å². The number of aliphatic hydroxyl groups is 1. The molecule has 5 rings (SSSR count). The van der Waals surface area contributed by atoms with Gasteiger partial charge in [0.15, 0.2) is 0 Å². The number of pyridine rings is 1. The maximum Gasteiger partial charge on any atom is 0.327 e. The first-order valence-electron chi connectivity index (χ1n) is 12.2. The van der Waals surface area contributed by atoms with Gasteiger partial charge in [0.25, 0.3) is 5.91 Å². The van der Waals surface area contributed by atoms with Gasteiger partial charge < -0.3 is 21.5 Å². The molecule has 0 radical (unpaired) electrons. The highest BCUT2D eigenvalue weighted by Gasteiger charge is 2.38. The van der Waals surface area contributed by atoms with Crippen molar-refractivity contribution in [3.8, 4) is 0 Å². The van der Waals surface area contributed by atoms with Crippen molar-refractivity contribution in [1.82, 2.24) is 20.2 Å². The van der Waals surface area contributed by atoms with Crippen LogP contribution < -0.4 is 16.4 Å². The summed E-state index contributed by atoms with van der Waals surface area (Å²) in [6, 6.07) is 13.1. The molecule has 1 unspecified atom stereocenters. The number of carbonyl (C=O) groups is 2. The Bertz CT molecular complexity index is 1520. The molecule has 2 aromatic heterocycles. The zero-order valence-corrected chi connectivity index (χ0v) is 20.6. The first kappa shape index (κ1) is 25.5. The maximum absolute atomic E-state index is 14.2. The number of hydrogen-bond acceptors (Lipinski definition) is 5. The van der Waals surface area contributed by atoms with E-state index < -0.39 is 41.6 Å². The third-order valence-electron chi connectivity index (χ3n) is 7.09. The van der Waals surface area contributed by atoms with Gasteiger partial charge in [-0.15, -0.1) is 0 Å². The number of hydrogen-bond donors (Lipinski definition) is 4. The molecule has 196 valence electrons. The zero-order chi connectivity index (χ0) is 27.0. The molecular formula is C28H27F2N5O3. The normalized spacial score (nSPS) is 16.6. The van der Waals surface area contributed by atoms with Gasteiger partial charge in [-0.05, 0) is 53.8 Å². The molecule has 3 atom stereocenters. The van der Waals surface area contributed by atoms with Gasteiger partial charge in [0.2, 0.25) is 0 Å². The van der Waals surface area contributed by atoms with E-state index in [9.17, 15) is 23.5 Å². The van der Waals surface area contributed by atoms with Gasteiger partial charge >= 0.3 is 6.03 Å². The fraction of sp³-hybridized carbons (Fsp3) is 0.250. The summed E-state index contributed by atoms with van der Waals surface area (Å²) in [5.41, 5.74) is 8.56. The number of nitrogens with two attached hydrogens (primary N) is 1. The van der Waals surface area contributed by atoms with E-state index in [4.69, 9.17) is 5.73 Å². The van der Waals surface area contributed by atoms with Gasteiger partial charge in [0, 0.05) is 48.9 Å². The van der Waals surface area contributed by atoms with E-state index in [-0.39, 0.29) is 28.9 Å². The van der Waals surface area contributed by atoms with Crippen LogP contribution in [0.2, 0.25) is 0 Å². The fourth-order valence-electron chi connectivity index (χ4n) is 5.42. The molecule has 0 saturated carbocycles. The number of halogens is 2. The van der Waals surface area contributed by atoms with Gasteiger partial charge in [0.05, 0.1) is 11.7 Å². The van der Waals surface area contributed by atoms with Crippen molar-refractivity contribution < 1.29 is 23.5 Å². The average molecular weight is 520 g/mol. The Morgan fingerprint density at radius 1 is 1.16 bits per heavy atom. The number of aliphatic hydroxyl groups excluding tert-OH is 1. The highest BCUT2D eigenvalue weighted by molar-refractivity contribution is 6.09. The summed E-state index contributed by atoms with van der Waals surface area (Å²) in [7, 11) is 1.43. The average Bonchev–Trinajstić information content (AvgIpc) is 3.25. The first-order valence-corrected chi connectivity index (χ1v) is 12.2. The van der Waals surface area contributed by atoms with E-state index in [1.165, 1.54) is 29.9 Å². The number of primary amides is 1. The molecular weight excluding hydrogens is 492 g/mol. The van der Waals surface area contributed by atoms with Crippen LogP contribution in [0.4, 0.5) is 13.6 Å². The van der Waals surface area contributed by atoms with E-state index in [0.29, 0.717) is 18.4 Å². The van der Waals surface area contributed by atoms with Crippen molar-refractivity contribution in [3.63, 3.8) is 0 Å². The molecule has 1 aliphatic rings. The predicted molar refractivity (Wildman–Crippen MR) is 138 cm³/mol. The lowest BCUT2D eigenvalue weighted by Crippen LogP contribution is -2.48. The minimum Gasteiger partial charge on any atom is -0.391 e. The molecule has 2 amide bonds. The van der Waals surface area contributed by atoms with Gasteiger partial charge in [-0.25, -0.2) is 23.1 Å². The van der Waals surface area contributed by atoms with Crippen LogP contribution in [0.15, 0.2) is 60.8 Å². The Hall–Kier alpha value is -4.15. The lowest BCUT2D eigenvalue weighted by molar-refractivity contribution is 0.0907. The third-order valence-corrected chi connectivity index (χ3v) is 7.09. The van der Waals surface area contributed by atoms with E-state index in [2.05, 4.69) is 15.6 Å². The Morgan fingerprint density at radius 2 is 1.87 bits per heavy atom. The molecule has 0 fully saturated rings. The topological polar surface area (TPSA) is 122 Å². The van der Waals surface area contributed by atoms with Gasteiger partial charge in [0.1, 0.15) is 17.3 Å². The Kier molecular flexibility index (Phi) is 6.92. The number of rotatable bonds is 6. The molecule has 1 aliphatic heterocycles. The van der Waals surface area contributed by atoms with Crippen LogP contribution in [0.5, 0.6) is 0 Å². The summed E-state index contributed by atoms with van der Waals surface area (Å²) in [4.78, 5) is 30.3. The summed E-state index contributed by atoms with van der Waals surface area (Å²) in [5, 5.41) is 18.1. The second-order valence-electron chi connectivity index (χ2n) is 9.43. The number of amides is 2. The van der Waals surface area contributed by atoms with E-state index in [1.54, 1.807) is 12.1 Å². The number of carbonyl (C=O) groups excluding carboxylic acids is 2. The number of aromatic nitrogens is 2. The lowest BCUT2D eigenvalue weighted by atomic mass is 9.81. The number of fused-ring (bicyclic) bond motifs is 2. The van der Waals surface area contributed by atoms with Crippen molar-refractivity contribution in [1.29, 1.82) is 0 Å². The summed E-state index contributed by atoms with van der Waals surface area (Å²) < 4.78 is 29.6. The molecule has 8 nitrogen and oxygen atoms in total. The Balaban J connectivity index is 1.70. The minimum atomic E-state index is -1.18. The van der Waals surface area contributed by atoms with Crippen molar-refractivity contribution >= 4 is 23.0 Å². The van der Waals surface area contributed by atoms with Gasteiger partial charge in [-0.1, -0.05) is 24.3 Å². The maximum atomic E-state index is 14.2. The fourth-order valence-corrected chi connectivity index (χ4v) is 5.42. The Labute approximate surface area is 217 Å². The summed E-state index contributed by atoms with van der Waals surface area (Å²) >= 11 is 0. The molecule has 38 heavy (non-hydrogen) atoms. The van der Waals surface area contributed by atoms with Crippen LogP contribution in [0.25, 0.3) is 11.0 Å². The second kappa shape index (κ2) is 10.3. The SMILES string of the molecule is CNC(=O)n1c([C@H](Cc2cc(F)cc(F)c2)[C@@H](O)C2Cc3ccccc3CN2)c(C(N)=O)c2cccnc21. The molecule has 0 saturated heterocycles. The standard InChI is InChI=1S/C28H27F2N5O3/c1-32-28(38)35-24(23(26(31)37)20-7-4-8-33-27(20)35)21(11-15-9-18(29)13-19(30)10-15)25(36)22-12-16-5-2-3-6-17(16)14-34-22/h2-10,13,21-22,25,34,36H,11-12,14H2,1H3,(H2,31,37)(H,32,38)/t21-,22?,25+/m0/s1. The number of nitrogens with one attached hydrogen (secondary N) is 2. The van der Waals surface area contributed by atoms with Crippen molar-refractivity contribution in [2.24, 2.45) is 5.73 Å². The van der Waals surface area contributed by atoms with Crippen molar-refractivity contribution in [2.75, 3.05) is 7.05 Å². The van der Waals surface area contributed by atoms with Crippen molar-refractivity contribution in [2.45, 2.75) is 37.5 Å². The minimum absolute atomic E-state index is 0.0221. The van der Waals surface area contributed by atoms with Gasteiger partial charge in [-0.2, -0.15) is 0 Å².